The first-order valence-electron chi connectivity index (χ1n) is 8.54. The van der Waals surface area contributed by atoms with Gasteiger partial charge in [-0.1, -0.05) is 12.1 Å². The number of methoxy groups -OCH3 is 2. The van der Waals surface area contributed by atoms with Crippen molar-refractivity contribution in [3.8, 4) is 5.75 Å². The third-order valence-electron chi connectivity index (χ3n) is 4.19. The van der Waals surface area contributed by atoms with Crippen molar-refractivity contribution >= 4 is 11.8 Å². The summed E-state index contributed by atoms with van der Waals surface area (Å²) in [4.78, 5) is 26.4. The quantitative estimate of drug-likeness (QED) is 0.636. The van der Waals surface area contributed by atoms with Crippen molar-refractivity contribution in [3.05, 3.63) is 29.8 Å². The second-order valence-electron chi connectivity index (χ2n) is 6.03. The first-order valence-corrected chi connectivity index (χ1v) is 8.54. The second-order valence-corrected chi connectivity index (χ2v) is 6.03. The molecule has 7 heteroatoms. The molecule has 1 fully saturated rings. The minimum absolute atomic E-state index is 0.0961. The Morgan fingerprint density at radius 3 is 3.00 bits per heavy atom. The van der Waals surface area contributed by atoms with Crippen LogP contribution in [0.25, 0.3) is 0 Å². The number of amides is 2. The van der Waals surface area contributed by atoms with Gasteiger partial charge in [-0.2, -0.15) is 0 Å². The Hall–Kier alpha value is -2.12. The molecule has 1 saturated heterocycles. The molecule has 1 unspecified atom stereocenters. The molecule has 1 aliphatic heterocycles. The van der Waals surface area contributed by atoms with Crippen molar-refractivity contribution in [2.24, 2.45) is 0 Å². The fourth-order valence-electron chi connectivity index (χ4n) is 2.87. The number of hydrogen-bond acceptors (Lipinski definition) is 5. The number of piperazine rings is 1. The number of hydrogen-bond donors (Lipinski definition) is 2. The van der Waals surface area contributed by atoms with E-state index in [-0.39, 0.29) is 18.2 Å². The van der Waals surface area contributed by atoms with E-state index in [0.717, 1.165) is 17.7 Å². The highest BCUT2D eigenvalue weighted by Gasteiger charge is 2.31. The molecule has 138 valence electrons. The molecule has 2 rings (SSSR count). The predicted octanol–water partition coefficient (Wildman–Crippen LogP) is 0.538. The minimum Gasteiger partial charge on any atom is -0.497 e. The average molecular weight is 349 g/mol. The van der Waals surface area contributed by atoms with Crippen molar-refractivity contribution < 1.29 is 19.1 Å². The van der Waals surface area contributed by atoms with Gasteiger partial charge in [0, 0.05) is 39.9 Å². The third kappa shape index (κ3) is 6.03. The van der Waals surface area contributed by atoms with Gasteiger partial charge in [-0.25, -0.2) is 0 Å². The molecule has 0 aliphatic carbocycles. The molecule has 0 bridgehead atoms. The van der Waals surface area contributed by atoms with E-state index >= 15 is 0 Å². The van der Waals surface area contributed by atoms with E-state index in [1.54, 1.807) is 14.2 Å². The van der Waals surface area contributed by atoms with Crippen molar-refractivity contribution in [2.45, 2.75) is 25.4 Å². The lowest BCUT2D eigenvalue weighted by Crippen LogP contribution is -2.56. The maximum absolute atomic E-state index is 12.3. The standard InChI is InChI=1S/C18H27N3O4/c1-24-10-4-7-19-17(22)12-16-18(23)20-8-9-21(16)13-14-5-3-6-15(11-14)25-2/h3,5-6,11,16H,4,7-10,12-13H2,1-2H3,(H,19,22)(H,20,23). The molecule has 1 atom stereocenters. The van der Waals surface area contributed by atoms with E-state index in [0.29, 0.717) is 32.8 Å². The van der Waals surface area contributed by atoms with Crippen LogP contribution in [0.4, 0.5) is 0 Å². The lowest BCUT2D eigenvalue weighted by molar-refractivity contribution is -0.134. The largest absolute Gasteiger partial charge is 0.497 e. The van der Waals surface area contributed by atoms with Gasteiger partial charge in [0.1, 0.15) is 5.75 Å². The van der Waals surface area contributed by atoms with Crippen LogP contribution in [0.1, 0.15) is 18.4 Å². The SMILES string of the molecule is COCCCNC(=O)CC1C(=O)NCCN1Cc1cccc(OC)c1. The van der Waals surface area contributed by atoms with E-state index in [2.05, 4.69) is 10.6 Å². The number of ether oxygens (including phenoxy) is 2. The Bertz CT molecular complexity index is 579. The summed E-state index contributed by atoms with van der Waals surface area (Å²) in [7, 11) is 3.26. The van der Waals surface area contributed by atoms with Gasteiger partial charge in [0.25, 0.3) is 0 Å². The molecule has 0 spiro atoms. The summed E-state index contributed by atoms with van der Waals surface area (Å²) in [5, 5.41) is 5.69. The molecule has 2 N–H and O–H groups in total. The van der Waals surface area contributed by atoms with E-state index in [9.17, 15) is 9.59 Å². The lowest BCUT2D eigenvalue weighted by Gasteiger charge is -2.34. The number of nitrogens with one attached hydrogen (secondary N) is 2. The van der Waals surface area contributed by atoms with Gasteiger partial charge >= 0.3 is 0 Å². The van der Waals surface area contributed by atoms with E-state index < -0.39 is 6.04 Å². The monoisotopic (exact) mass is 349 g/mol. The number of nitrogens with zero attached hydrogens (tertiary/aromatic N) is 1. The molecule has 0 radical (unpaired) electrons. The van der Waals surface area contributed by atoms with Crippen LogP contribution in [0.5, 0.6) is 5.75 Å². The minimum atomic E-state index is -0.456. The predicted molar refractivity (Wildman–Crippen MR) is 94.3 cm³/mol. The van der Waals surface area contributed by atoms with E-state index in [1.807, 2.05) is 29.2 Å². The third-order valence-corrected chi connectivity index (χ3v) is 4.19. The highest BCUT2D eigenvalue weighted by molar-refractivity contribution is 5.88. The van der Waals surface area contributed by atoms with Crippen LogP contribution in [-0.2, 0) is 20.9 Å². The molecule has 1 heterocycles. The van der Waals surface area contributed by atoms with Gasteiger partial charge in [0.05, 0.1) is 19.6 Å². The molecule has 25 heavy (non-hydrogen) atoms. The van der Waals surface area contributed by atoms with Crippen LogP contribution < -0.4 is 15.4 Å². The van der Waals surface area contributed by atoms with Crippen LogP contribution in [0, 0.1) is 0 Å². The number of benzene rings is 1. The normalized spacial score (nSPS) is 17.8. The van der Waals surface area contributed by atoms with Crippen LogP contribution in [0.2, 0.25) is 0 Å². The maximum atomic E-state index is 12.3. The Morgan fingerprint density at radius 1 is 1.40 bits per heavy atom. The zero-order chi connectivity index (χ0) is 18.1. The van der Waals surface area contributed by atoms with Gasteiger partial charge in [-0.3, -0.25) is 14.5 Å². The second kappa shape index (κ2) is 10.0. The molecule has 1 aromatic carbocycles. The van der Waals surface area contributed by atoms with Crippen LogP contribution in [0.3, 0.4) is 0 Å². The van der Waals surface area contributed by atoms with Gasteiger partial charge in [0.15, 0.2) is 0 Å². The highest BCUT2D eigenvalue weighted by atomic mass is 16.5. The summed E-state index contributed by atoms with van der Waals surface area (Å²) >= 11 is 0. The Kier molecular flexibility index (Phi) is 7.69. The van der Waals surface area contributed by atoms with Crippen molar-refractivity contribution in [1.82, 2.24) is 15.5 Å². The van der Waals surface area contributed by atoms with Crippen LogP contribution in [0.15, 0.2) is 24.3 Å². The first-order chi connectivity index (χ1) is 12.1. The van der Waals surface area contributed by atoms with Gasteiger partial charge in [-0.15, -0.1) is 0 Å². The zero-order valence-corrected chi connectivity index (χ0v) is 14.9. The van der Waals surface area contributed by atoms with Gasteiger partial charge in [-0.05, 0) is 24.1 Å². The molecule has 1 aliphatic rings. The van der Waals surface area contributed by atoms with E-state index in [4.69, 9.17) is 9.47 Å². The summed E-state index contributed by atoms with van der Waals surface area (Å²) in [6.45, 7) is 3.06. The average Bonchev–Trinajstić information content (AvgIpc) is 2.62. The van der Waals surface area contributed by atoms with Crippen LogP contribution in [-0.4, -0.2) is 63.2 Å². The number of carbonyl (C=O) groups excluding carboxylic acids is 2. The highest BCUT2D eigenvalue weighted by Crippen LogP contribution is 2.18. The molecular formula is C18H27N3O4. The van der Waals surface area contributed by atoms with Crippen molar-refractivity contribution in [3.63, 3.8) is 0 Å². The number of carbonyl (C=O) groups is 2. The Labute approximate surface area is 148 Å². The summed E-state index contributed by atoms with van der Waals surface area (Å²) in [5.41, 5.74) is 1.06. The molecule has 1 aromatic rings. The zero-order valence-electron chi connectivity index (χ0n) is 14.9. The summed E-state index contributed by atoms with van der Waals surface area (Å²) in [5.74, 6) is 0.571. The molecule has 2 amide bonds. The molecule has 0 aromatic heterocycles. The fraction of sp³-hybridized carbons (Fsp3) is 0.556. The Morgan fingerprint density at radius 2 is 2.24 bits per heavy atom. The van der Waals surface area contributed by atoms with Crippen molar-refractivity contribution in [1.29, 1.82) is 0 Å². The summed E-state index contributed by atoms with van der Waals surface area (Å²) in [6, 6.07) is 7.31. The van der Waals surface area contributed by atoms with E-state index in [1.165, 1.54) is 0 Å². The van der Waals surface area contributed by atoms with Gasteiger partial charge in [0.2, 0.25) is 11.8 Å². The number of rotatable bonds is 9. The summed E-state index contributed by atoms with van der Waals surface area (Å²) in [6.07, 6.45) is 0.912. The topological polar surface area (TPSA) is 79.9 Å². The smallest absolute Gasteiger partial charge is 0.237 e. The van der Waals surface area contributed by atoms with Crippen molar-refractivity contribution in [2.75, 3.05) is 40.5 Å². The summed E-state index contributed by atoms with van der Waals surface area (Å²) < 4.78 is 10.2. The van der Waals surface area contributed by atoms with Gasteiger partial charge < -0.3 is 20.1 Å². The first kappa shape index (κ1) is 19.2. The lowest BCUT2D eigenvalue weighted by atomic mass is 10.1. The maximum Gasteiger partial charge on any atom is 0.237 e. The molecule has 0 saturated carbocycles. The molecular weight excluding hydrogens is 322 g/mol. The van der Waals surface area contributed by atoms with Crippen LogP contribution >= 0.6 is 0 Å². The Balaban J connectivity index is 1.95. The fourth-order valence-corrected chi connectivity index (χ4v) is 2.87. The molecule has 7 nitrogen and oxygen atoms in total.